The molecule has 1 heterocycles. The summed E-state index contributed by atoms with van der Waals surface area (Å²) in [4.78, 5) is 16.5. The van der Waals surface area contributed by atoms with E-state index in [-0.39, 0.29) is 18.0 Å². The number of hydrogen-bond donors (Lipinski definition) is 2. The standard InChI is InChI=1S/C19H26N4O2/c1-13(2)18-22-17(25-23-18)10-11-20-19(24)21-16(15-8-9-15)12-14-6-4-3-5-7-14/h3-7,13,15-16H,8-12H2,1-2H3,(H2,20,21,24)/t16-/m0/s1. The number of nitrogens with zero attached hydrogens (tertiary/aromatic N) is 2. The highest BCUT2D eigenvalue weighted by Crippen LogP contribution is 2.34. The van der Waals surface area contributed by atoms with Crippen molar-refractivity contribution >= 4 is 6.03 Å². The lowest BCUT2D eigenvalue weighted by Gasteiger charge is -2.18. The molecule has 2 N–H and O–H groups in total. The molecule has 2 aromatic rings. The van der Waals surface area contributed by atoms with E-state index in [9.17, 15) is 4.79 Å². The van der Waals surface area contributed by atoms with Gasteiger partial charge in [0.25, 0.3) is 0 Å². The number of hydrogen-bond acceptors (Lipinski definition) is 4. The summed E-state index contributed by atoms with van der Waals surface area (Å²) in [6.45, 7) is 4.52. The van der Waals surface area contributed by atoms with Crippen molar-refractivity contribution < 1.29 is 9.32 Å². The zero-order valence-electron chi connectivity index (χ0n) is 14.9. The van der Waals surface area contributed by atoms with E-state index >= 15 is 0 Å². The third-order valence-corrected chi connectivity index (χ3v) is 4.43. The number of aromatic nitrogens is 2. The topological polar surface area (TPSA) is 80.0 Å². The molecule has 3 rings (SSSR count). The van der Waals surface area contributed by atoms with Crippen LogP contribution >= 0.6 is 0 Å². The second-order valence-electron chi connectivity index (χ2n) is 6.98. The highest BCUT2D eigenvalue weighted by Gasteiger charge is 2.32. The SMILES string of the molecule is CC(C)c1noc(CCNC(=O)N[C@@H](Cc2ccccc2)C2CC2)n1. The Labute approximate surface area is 148 Å². The van der Waals surface area contributed by atoms with Gasteiger partial charge >= 0.3 is 6.03 Å². The van der Waals surface area contributed by atoms with E-state index in [1.54, 1.807) is 0 Å². The number of amides is 2. The Morgan fingerprint density at radius 2 is 2.04 bits per heavy atom. The zero-order chi connectivity index (χ0) is 17.6. The molecule has 1 aromatic carbocycles. The first kappa shape index (κ1) is 17.5. The largest absolute Gasteiger partial charge is 0.339 e. The summed E-state index contributed by atoms with van der Waals surface area (Å²) in [7, 11) is 0. The van der Waals surface area contributed by atoms with Crippen LogP contribution < -0.4 is 10.6 Å². The number of rotatable bonds is 8. The summed E-state index contributed by atoms with van der Waals surface area (Å²) >= 11 is 0. The summed E-state index contributed by atoms with van der Waals surface area (Å²) in [6, 6.07) is 10.4. The molecule has 0 radical (unpaired) electrons. The van der Waals surface area contributed by atoms with Crippen molar-refractivity contribution in [3.63, 3.8) is 0 Å². The number of urea groups is 1. The van der Waals surface area contributed by atoms with Gasteiger partial charge in [-0.15, -0.1) is 0 Å². The minimum atomic E-state index is -0.128. The van der Waals surface area contributed by atoms with Gasteiger partial charge in [0.1, 0.15) is 0 Å². The molecule has 6 heteroatoms. The van der Waals surface area contributed by atoms with Crippen LogP contribution in [0.25, 0.3) is 0 Å². The second kappa shape index (κ2) is 8.14. The predicted octanol–water partition coefficient (Wildman–Crippen LogP) is 3.06. The fourth-order valence-electron chi connectivity index (χ4n) is 2.81. The average molecular weight is 342 g/mol. The Morgan fingerprint density at radius 1 is 1.28 bits per heavy atom. The van der Waals surface area contributed by atoms with Gasteiger partial charge in [-0.1, -0.05) is 49.3 Å². The van der Waals surface area contributed by atoms with Gasteiger partial charge in [0.2, 0.25) is 5.89 Å². The van der Waals surface area contributed by atoms with Crippen LogP contribution in [0, 0.1) is 5.92 Å². The van der Waals surface area contributed by atoms with E-state index in [1.807, 2.05) is 32.0 Å². The zero-order valence-corrected chi connectivity index (χ0v) is 14.9. The molecule has 1 saturated carbocycles. The van der Waals surface area contributed by atoms with Crippen LogP contribution in [0.4, 0.5) is 4.79 Å². The maximum absolute atomic E-state index is 12.2. The van der Waals surface area contributed by atoms with E-state index in [1.165, 1.54) is 18.4 Å². The molecule has 0 saturated heterocycles. The molecular formula is C19H26N4O2. The van der Waals surface area contributed by atoms with Gasteiger partial charge in [-0.05, 0) is 30.7 Å². The molecule has 0 aliphatic heterocycles. The summed E-state index contributed by atoms with van der Waals surface area (Å²) in [6.07, 6.45) is 3.80. The van der Waals surface area contributed by atoms with E-state index in [4.69, 9.17) is 4.52 Å². The van der Waals surface area contributed by atoms with Gasteiger partial charge in [-0.3, -0.25) is 0 Å². The third kappa shape index (κ3) is 5.31. The number of benzene rings is 1. The molecule has 134 valence electrons. The van der Waals surface area contributed by atoms with Gasteiger partial charge in [0.05, 0.1) is 0 Å². The molecule has 0 unspecified atom stereocenters. The quantitative estimate of drug-likeness (QED) is 0.773. The Kier molecular flexibility index (Phi) is 5.68. The normalized spacial score (nSPS) is 15.2. The lowest BCUT2D eigenvalue weighted by atomic mass is 10.0. The maximum atomic E-state index is 12.2. The molecule has 6 nitrogen and oxygen atoms in total. The number of carbonyl (C=O) groups is 1. The van der Waals surface area contributed by atoms with Crippen LogP contribution in [0.2, 0.25) is 0 Å². The molecule has 1 fully saturated rings. The van der Waals surface area contributed by atoms with Crippen molar-refractivity contribution in [1.29, 1.82) is 0 Å². The fourth-order valence-corrected chi connectivity index (χ4v) is 2.81. The van der Waals surface area contributed by atoms with Crippen molar-refractivity contribution in [3.05, 3.63) is 47.6 Å². The fraction of sp³-hybridized carbons (Fsp3) is 0.526. The average Bonchev–Trinajstić information content (AvgIpc) is 3.34. The molecule has 0 spiro atoms. The van der Waals surface area contributed by atoms with E-state index in [0.717, 1.165) is 6.42 Å². The van der Waals surface area contributed by atoms with Gasteiger partial charge < -0.3 is 15.2 Å². The van der Waals surface area contributed by atoms with Gasteiger partial charge in [0.15, 0.2) is 5.82 Å². The predicted molar refractivity (Wildman–Crippen MR) is 95.3 cm³/mol. The van der Waals surface area contributed by atoms with Gasteiger partial charge in [-0.25, -0.2) is 4.79 Å². The smallest absolute Gasteiger partial charge is 0.315 e. The second-order valence-corrected chi connectivity index (χ2v) is 6.98. The molecule has 2 amide bonds. The molecule has 1 aromatic heterocycles. The van der Waals surface area contributed by atoms with Gasteiger partial charge in [0, 0.05) is 24.9 Å². The Bertz CT molecular complexity index is 680. The summed E-state index contributed by atoms with van der Waals surface area (Å²) < 4.78 is 5.18. The first-order chi connectivity index (χ1) is 12.1. The third-order valence-electron chi connectivity index (χ3n) is 4.43. The van der Waals surface area contributed by atoms with Crippen LogP contribution in [0.3, 0.4) is 0 Å². The summed E-state index contributed by atoms with van der Waals surface area (Å²) in [5.41, 5.74) is 1.26. The van der Waals surface area contributed by atoms with Crippen molar-refractivity contribution in [2.45, 2.75) is 51.5 Å². The highest BCUT2D eigenvalue weighted by atomic mass is 16.5. The van der Waals surface area contributed by atoms with Crippen LogP contribution in [0.15, 0.2) is 34.9 Å². The van der Waals surface area contributed by atoms with Crippen LogP contribution in [-0.4, -0.2) is 28.8 Å². The maximum Gasteiger partial charge on any atom is 0.315 e. The van der Waals surface area contributed by atoms with Crippen molar-refractivity contribution in [1.82, 2.24) is 20.8 Å². The van der Waals surface area contributed by atoms with Crippen LogP contribution in [0.1, 0.15) is 49.9 Å². The monoisotopic (exact) mass is 342 g/mol. The molecule has 25 heavy (non-hydrogen) atoms. The molecule has 1 aliphatic carbocycles. The first-order valence-electron chi connectivity index (χ1n) is 9.02. The lowest BCUT2D eigenvalue weighted by Crippen LogP contribution is -2.44. The van der Waals surface area contributed by atoms with Crippen molar-refractivity contribution in [2.75, 3.05) is 6.54 Å². The van der Waals surface area contributed by atoms with Crippen molar-refractivity contribution in [3.8, 4) is 0 Å². The Hall–Kier alpha value is -2.37. The molecule has 1 atom stereocenters. The molecule has 0 bridgehead atoms. The first-order valence-corrected chi connectivity index (χ1v) is 9.02. The van der Waals surface area contributed by atoms with E-state index in [2.05, 4.69) is 32.9 Å². The highest BCUT2D eigenvalue weighted by molar-refractivity contribution is 5.74. The number of carbonyl (C=O) groups excluding carboxylic acids is 1. The molecule has 1 aliphatic rings. The van der Waals surface area contributed by atoms with Crippen LogP contribution in [0.5, 0.6) is 0 Å². The van der Waals surface area contributed by atoms with E-state index in [0.29, 0.717) is 30.6 Å². The summed E-state index contributed by atoms with van der Waals surface area (Å²) in [5.74, 6) is 2.10. The van der Waals surface area contributed by atoms with Crippen LogP contribution in [-0.2, 0) is 12.8 Å². The Balaban J connectivity index is 1.43. The minimum absolute atomic E-state index is 0.128. The van der Waals surface area contributed by atoms with Gasteiger partial charge in [-0.2, -0.15) is 4.98 Å². The lowest BCUT2D eigenvalue weighted by molar-refractivity contribution is 0.235. The minimum Gasteiger partial charge on any atom is -0.339 e. The number of nitrogens with one attached hydrogen (secondary N) is 2. The Morgan fingerprint density at radius 3 is 2.68 bits per heavy atom. The van der Waals surface area contributed by atoms with Crippen molar-refractivity contribution in [2.24, 2.45) is 5.92 Å². The van der Waals surface area contributed by atoms with E-state index < -0.39 is 0 Å². The molecular weight excluding hydrogens is 316 g/mol. The summed E-state index contributed by atoms with van der Waals surface area (Å²) in [5, 5.41) is 9.94.